The second kappa shape index (κ2) is 8.32. The number of aromatic nitrogens is 3. The number of aryl methyl sites for hydroxylation is 1. The van der Waals surface area contributed by atoms with Gasteiger partial charge in [-0.15, -0.1) is 0 Å². The van der Waals surface area contributed by atoms with Crippen LogP contribution in [0.3, 0.4) is 0 Å². The van der Waals surface area contributed by atoms with Crippen LogP contribution in [0.5, 0.6) is 11.5 Å². The molecule has 6 rings (SSSR count). The zero-order valence-electron chi connectivity index (χ0n) is 19.1. The first-order chi connectivity index (χ1) is 17.1. The Balaban J connectivity index is 1.42. The molecule has 1 aliphatic heterocycles. The number of ether oxygens (including phenoxy) is 2. The van der Waals surface area contributed by atoms with Crippen molar-refractivity contribution in [1.29, 1.82) is 0 Å². The van der Waals surface area contributed by atoms with Crippen LogP contribution in [0.4, 0.5) is 5.82 Å². The van der Waals surface area contributed by atoms with Crippen LogP contribution in [0.2, 0.25) is 0 Å². The quantitative estimate of drug-likeness (QED) is 0.404. The number of nitrogens with two attached hydrogens (primary N) is 1. The molecule has 0 spiro atoms. The van der Waals surface area contributed by atoms with Crippen molar-refractivity contribution in [3.05, 3.63) is 89.0 Å². The molecule has 2 aromatic heterocycles. The third-order valence-corrected chi connectivity index (χ3v) is 6.17. The van der Waals surface area contributed by atoms with Crippen molar-refractivity contribution in [2.75, 3.05) is 12.5 Å². The molecule has 0 unspecified atom stereocenters. The fourth-order valence-corrected chi connectivity index (χ4v) is 4.30. The van der Waals surface area contributed by atoms with E-state index in [1.54, 1.807) is 0 Å². The van der Waals surface area contributed by atoms with Crippen molar-refractivity contribution in [3.8, 4) is 11.5 Å². The van der Waals surface area contributed by atoms with E-state index in [0.29, 0.717) is 52.7 Å². The van der Waals surface area contributed by atoms with E-state index in [1.165, 1.54) is 0 Å². The Morgan fingerprint density at radius 3 is 2.49 bits per heavy atom. The first-order valence-electron chi connectivity index (χ1n) is 11.3. The minimum absolute atomic E-state index is 0.205. The van der Waals surface area contributed by atoms with Gasteiger partial charge in [-0.1, -0.05) is 48.0 Å². The molecule has 8 heteroatoms. The number of nitrogens with one attached hydrogen (secondary N) is 1. The molecule has 1 amide bonds. The van der Waals surface area contributed by atoms with Gasteiger partial charge >= 0.3 is 0 Å². The highest BCUT2D eigenvalue weighted by Gasteiger charge is 2.24. The Hall–Kier alpha value is -4.59. The summed E-state index contributed by atoms with van der Waals surface area (Å²) >= 11 is 0. The molecule has 0 radical (unpaired) electrons. The second-order valence-electron chi connectivity index (χ2n) is 8.59. The molecule has 0 aliphatic carbocycles. The van der Waals surface area contributed by atoms with Crippen molar-refractivity contribution >= 4 is 33.9 Å². The summed E-state index contributed by atoms with van der Waals surface area (Å²) in [6.07, 6.45) is 0. The Morgan fingerprint density at radius 1 is 0.971 bits per heavy atom. The maximum absolute atomic E-state index is 13.4. The molecule has 3 heterocycles. The van der Waals surface area contributed by atoms with E-state index in [2.05, 4.69) is 5.32 Å². The lowest BCUT2D eigenvalue weighted by Crippen LogP contribution is -2.24. The minimum atomic E-state index is -0.290. The average molecular weight is 466 g/mol. The van der Waals surface area contributed by atoms with Gasteiger partial charge in [-0.25, -0.2) is 9.97 Å². The van der Waals surface area contributed by atoms with Crippen LogP contribution in [0, 0.1) is 6.92 Å². The maximum atomic E-state index is 13.4. The zero-order valence-corrected chi connectivity index (χ0v) is 19.1. The van der Waals surface area contributed by atoms with Crippen LogP contribution in [-0.2, 0) is 13.1 Å². The van der Waals surface area contributed by atoms with Crippen LogP contribution >= 0.6 is 0 Å². The number of nitrogen functional groups attached to an aromatic ring is 1. The van der Waals surface area contributed by atoms with Gasteiger partial charge in [0.1, 0.15) is 16.9 Å². The number of nitrogens with zero attached hydrogens (tertiary/aromatic N) is 3. The van der Waals surface area contributed by atoms with Crippen molar-refractivity contribution in [2.45, 2.75) is 20.0 Å². The number of carbonyl (C=O) groups is 1. The van der Waals surface area contributed by atoms with E-state index in [0.717, 1.165) is 22.2 Å². The zero-order chi connectivity index (χ0) is 23.9. The third kappa shape index (κ3) is 3.78. The Morgan fingerprint density at radius 2 is 1.69 bits per heavy atom. The SMILES string of the molecule is Cc1ccc(CNC(=O)c2c(N)n(Cc3ccc4c(c3)OCO4)c3nc4ccccc4nc23)cc1. The third-order valence-electron chi connectivity index (χ3n) is 6.17. The molecular weight excluding hydrogens is 442 g/mol. The predicted molar refractivity (Wildman–Crippen MR) is 133 cm³/mol. The Labute approximate surface area is 201 Å². The monoisotopic (exact) mass is 465 g/mol. The van der Waals surface area contributed by atoms with Gasteiger partial charge in [0.05, 0.1) is 17.6 Å². The molecular formula is C27H23N5O3. The number of hydrogen-bond acceptors (Lipinski definition) is 6. The van der Waals surface area contributed by atoms with Crippen molar-refractivity contribution in [3.63, 3.8) is 0 Å². The Kier molecular flexibility index (Phi) is 4.99. The van der Waals surface area contributed by atoms with Gasteiger partial charge in [-0.3, -0.25) is 4.79 Å². The number of carbonyl (C=O) groups excluding carboxylic acids is 1. The number of benzene rings is 3. The highest BCUT2D eigenvalue weighted by molar-refractivity contribution is 6.10. The van der Waals surface area contributed by atoms with Crippen molar-refractivity contribution in [2.24, 2.45) is 0 Å². The van der Waals surface area contributed by atoms with Crippen LogP contribution in [0.15, 0.2) is 66.7 Å². The topological polar surface area (TPSA) is 104 Å². The van der Waals surface area contributed by atoms with Gasteiger partial charge in [0, 0.05) is 6.54 Å². The van der Waals surface area contributed by atoms with Crippen LogP contribution in [-0.4, -0.2) is 27.2 Å². The van der Waals surface area contributed by atoms with Crippen molar-refractivity contribution < 1.29 is 14.3 Å². The maximum Gasteiger partial charge on any atom is 0.257 e. The van der Waals surface area contributed by atoms with E-state index in [4.69, 9.17) is 25.2 Å². The molecule has 5 aromatic rings. The van der Waals surface area contributed by atoms with Gasteiger partial charge < -0.3 is 25.1 Å². The van der Waals surface area contributed by atoms with Crippen LogP contribution in [0.1, 0.15) is 27.0 Å². The standard InChI is InChI=1S/C27H23N5O3/c1-16-6-8-17(9-7-16)13-29-27(33)23-24-26(31-20-5-3-2-4-19(20)30-24)32(25(23)28)14-18-10-11-21-22(12-18)35-15-34-21/h2-12H,13-15,28H2,1H3,(H,29,33). The van der Waals surface area contributed by atoms with Crippen LogP contribution < -0.4 is 20.5 Å². The van der Waals surface area contributed by atoms with Gasteiger partial charge in [0.2, 0.25) is 6.79 Å². The molecule has 174 valence electrons. The van der Waals surface area contributed by atoms with E-state index in [9.17, 15) is 4.79 Å². The van der Waals surface area contributed by atoms with Gasteiger partial charge in [0.15, 0.2) is 17.1 Å². The van der Waals surface area contributed by atoms with Gasteiger partial charge in [-0.05, 0) is 42.3 Å². The summed E-state index contributed by atoms with van der Waals surface area (Å²) in [6.45, 7) is 3.02. The lowest BCUT2D eigenvalue weighted by molar-refractivity contribution is 0.0953. The summed E-state index contributed by atoms with van der Waals surface area (Å²) in [5.74, 6) is 1.42. The lowest BCUT2D eigenvalue weighted by Gasteiger charge is -2.09. The van der Waals surface area contributed by atoms with Crippen LogP contribution in [0.25, 0.3) is 22.2 Å². The molecule has 0 fully saturated rings. The molecule has 0 saturated carbocycles. The number of fused-ring (bicyclic) bond motifs is 3. The lowest BCUT2D eigenvalue weighted by atomic mass is 10.1. The fourth-order valence-electron chi connectivity index (χ4n) is 4.30. The number of amides is 1. The number of anilines is 1. The molecule has 0 bridgehead atoms. The molecule has 35 heavy (non-hydrogen) atoms. The van der Waals surface area contributed by atoms with Gasteiger partial charge in [-0.2, -0.15) is 0 Å². The molecule has 1 aliphatic rings. The normalized spacial score (nSPS) is 12.4. The van der Waals surface area contributed by atoms with Crippen molar-refractivity contribution in [1.82, 2.24) is 19.9 Å². The summed E-state index contributed by atoms with van der Waals surface area (Å²) in [4.78, 5) is 23.0. The largest absolute Gasteiger partial charge is 0.454 e. The average Bonchev–Trinajstić information content (AvgIpc) is 3.44. The van der Waals surface area contributed by atoms with E-state index >= 15 is 0 Å². The molecule has 0 atom stereocenters. The smallest absolute Gasteiger partial charge is 0.257 e. The highest BCUT2D eigenvalue weighted by atomic mass is 16.7. The summed E-state index contributed by atoms with van der Waals surface area (Å²) < 4.78 is 12.8. The summed E-state index contributed by atoms with van der Waals surface area (Å²) in [5.41, 5.74) is 12.5. The van der Waals surface area contributed by atoms with E-state index in [1.807, 2.05) is 78.2 Å². The summed E-state index contributed by atoms with van der Waals surface area (Å²) in [7, 11) is 0. The summed E-state index contributed by atoms with van der Waals surface area (Å²) in [6, 6.07) is 21.3. The Bertz CT molecular complexity index is 1590. The second-order valence-corrected chi connectivity index (χ2v) is 8.59. The molecule has 3 N–H and O–H groups in total. The molecule has 0 saturated heterocycles. The molecule has 3 aromatic carbocycles. The number of rotatable bonds is 5. The van der Waals surface area contributed by atoms with E-state index < -0.39 is 0 Å². The summed E-state index contributed by atoms with van der Waals surface area (Å²) in [5, 5.41) is 2.99. The number of para-hydroxylation sites is 2. The predicted octanol–water partition coefficient (Wildman–Crippen LogP) is 4.18. The fraction of sp³-hybridized carbons (Fsp3) is 0.148. The first-order valence-corrected chi connectivity index (χ1v) is 11.3. The van der Waals surface area contributed by atoms with E-state index in [-0.39, 0.29) is 12.7 Å². The first kappa shape index (κ1) is 21.0. The highest BCUT2D eigenvalue weighted by Crippen LogP contribution is 2.34. The minimum Gasteiger partial charge on any atom is -0.454 e. The van der Waals surface area contributed by atoms with Gasteiger partial charge in [0.25, 0.3) is 5.91 Å². The number of hydrogen-bond donors (Lipinski definition) is 2. The molecule has 8 nitrogen and oxygen atoms in total.